The van der Waals surface area contributed by atoms with Crippen LogP contribution >= 0.6 is 19.2 Å². The molecule has 12 heavy (non-hydrogen) atoms. The monoisotopic (exact) mass is 208 g/mol. The maximum absolute atomic E-state index is 10.8. The third kappa shape index (κ3) is 2.65. The molecule has 1 rings (SSSR count). The Morgan fingerprint density at radius 2 is 2.42 bits per heavy atom. The number of thiophene rings is 1. The predicted molar refractivity (Wildman–Crippen MR) is 41.9 cm³/mol. The van der Waals surface area contributed by atoms with Crippen molar-refractivity contribution in [2.45, 2.75) is 0 Å². The SMILES string of the molecule is O=COP(=O)(O)Oc1cccs1. The molecule has 0 saturated carbocycles. The van der Waals surface area contributed by atoms with Crippen molar-refractivity contribution >= 4 is 25.6 Å². The Morgan fingerprint density at radius 3 is 2.92 bits per heavy atom. The smallest absolute Gasteiger partial charge is 0.385 e. The van der Waals surface area contributed by atoms with E-state index in [1.807, 2.05) is 0 Å². The molecule has 0 fully saturated rings. The van der Waals surface area contributed by atoms with E-state index in [2.05, 4.69) is 9.05 Å². The van der Waals surface area contributed by atoms with Gasteiger partial charge in [0.25, 0.3) is 0 Å². The van der Waals surface area contributed by atoms with Crippen LogP contribution in [-0.2, 0) is 13.9 Å². The van der Waals surface area contributed by atoms with Crippen LogP contribution in [0.15, 0.2) is 17.5 Å². The van der Waals surface area contributed by atoms with Crippen molar-refractivity contribution in [2.24, 2.45) is 0 Å². The fourth-order valence-electron chi connectivity index (χ4n) is 0.505. The minimum Gasteiger partial charge on any atom is -0.385 e. The molecule has 1 atom stereocenters. The van der Waals surface area contributed by atoms with Gasteiger partial charge in [0.1, 0.15) is 0 Å². The molecule has 1 heterocycles. The van der Waals surface area contributed by atoms with Crippen LogP contribution in [0.4, 0.5) is 0 Å². The average Bonchev–Trinajstić information content (AvgIpc) is 2.38. The Balaban J connectivity index is 2.62. The molecule has 1 aromatic rings. The van der Waals surface area contributed by atoms with Crippen molar-refractivity contribution in [3.63, 3.8) is 0 Å². The highest BCUT2D eigenvalue weighted by molar-refractivity contribution is 7.48. The second kappa shape index (κ2) is 3.71. The lowest BCUT2D eigenvalue weighted by Crippen LogP contribution is -1.93. The number of hydrogen-bond donors (Lipinski definition) is 1. The van der Waals surface area contributed by atoms with E-state index >= 15 is 0 Å². The molecule has 7 heteroatoms. The van der Waals surface area contributed by atoms with Crippen molar-refractivity contribution in [3.8, 4) is 5.06 Å². The van der Waals surface area contributed by atoms with Gasteiger partial charge in [-0.3, -0.25) is 9.69 Å². The molecule has 0 aromatic carbocycles. The van der Waals surface area contributed by atoms with Gasteiger partial charge in [-0.15, -0.1) is 11.3 Å². The predicted octanol–water partition coefficient (Wildman–Crippen LogP) is 1.40. The molecule has 1 unspecified atom stereocenters. The number of phosphoric ester groups is 1. The van der Waals surface area contributed by atoms with Gasteiger partial charge in [-0.1, -0.05) is 0 Å². The first-order valence-electron chi connectivity index (χ1n) is 2.82. The zero-order chi connectivity index (χ0) is 9.03. The molecular formula is C5H5O5PS. The van der Waals surface area contributed by atoms with Crippen LogP contribution in [0, 0.1) is 0 Å². The van der Waals surface area contributed by atoms with Crippen molar-refractivity contribution in [1.82, 2.24) is 0 Å². The second-order valence-electron chi connectivity index (χ2n) is 1.69. The van der Waals surface area contributed by atoms with Gasteiger partial charge in [0.15, 0.2) is 5.06 Å². The normalized spacial score (nSPS) is 14.8. The van der Waals surface area contributed by atoms with E-state index < -0.39 is 7.82 Å². The molecule has 1 aromatic heterocycles. The first kappa shape index (κ1) is 9.25. The van der Waals surface area contributed by atoms with Gasteiger partial charge in [0.2, 0.25) is 0 Å². The standard InChI is InChI=1S/C5H5O5PS/c6-4-9-11(7,8)10-5-2-1-3-12-5/h1-4H,(H,7,8). The third-order valence-electron chi connectivity index (χ3n) is 0.877. The number of rotatable bonds is 4. The Labute approximate surface area is 72.2 Å². The Bertz CT molecular complexity index is 295. The van der Waals surface area contributed by atoms with Crippen molar-refractivity contribution in [3.05, 3.63) is 17.5 Å². The lowest BCUT2D eigenvalue weighted by atomic mass is 10.7. The lowest BCUT2D eigenvalue weighted by molar-refractivity contribution is -0.121. The molecular weight excluding hydrogens is 203 g/mol. The summed E-state index contributed by atoms with van der Waals surface area (Å²) in [5.41, 5.74) is 0. The summed E-state index contributed by atoms with van der Waals surface area (Å²) in [4.78, 5) is 18.5. The Morgan fingerprint density at radius 1 is 1.67 bits per heavy atom. The van der Waals surface area contributed by atoms with Gasteiger partial charge in [-0.25, -0.2) is 4.57 Å². The van der Waals surface area contributed by atoms with Crippen LogP contribution < -0.4 is 4.52 Å². The first-order chi connectivity index (χ1) is 5.64. The van der Waals surface area contributed by atoms with E-state index in [0.717, 1.165) is 11.3 Å². The van der Waals surface area contributed by atoms with Crippen LogP contribution in [0.2, 0.25) is 0 Å². The van der Waals surface area contributed by atoms with Crippen LogP contribution in [0.1, 0.15) is 0 Å². The summed E-state index contributed by atoms with van der Waals surface area (Å²) in [7, 11) is -4.24. The molecule has 0 radical (unpaired) electrons. The molecule has 66 valence electrons. The summed E-state index contributed by atoms with van der Waals surface area (Å²) in [6, 6.07) is 3.13. The van der Waals surface area contributed by atoms with E-state index in [1.54, 1.807) is 11.4 Å². The minimum atomic E-state index is -4.24. The number of carbonyl (C=O) groups excluding carboxylic acids is 1. The van der Waals surface area contributed by atoms with E-state index in [1.165, 1.54) is 6.07 Å². The van der Waals surface area contributed by atoms with Crippen LogP contribution in [0.25, 0.3) is 0 Å². The van der Waals surface area contributed by atoms with Gasteiger partial charge >= 0.3 is 14.3 Å². The van der Waals surface area contributed by atoms with Crippen molar-refractivity contribution < 1.29 is 23.3 Å². The van der Waals surface area contributed by atoms with Crippen LogP contribution in [0.5, 0.6) is 5.06 Å². The zero-order valence-corrected chi connectivity index (χ0v) is 7.46. The zero-order valence-electron chi connectivity index (χ0n) is 5.75. The van der Waals surface area contributed by atoms with Crippen molar-refractivity contribution in [2.75, 3.05) is 0 Å². The van der Waals surface area contributed by atoms with Gasteiger partial charge in [0.05, 0.1) is 0 Å². The number of carbonyl (C=O) groups is 1. The van der Waals surface area contributed by atoms with Gasteiger partial charge in [0, 0.05) is 0 Å². The van der Waals surface area contributed by atoms with Crippen molar-refractivity contribution in [1.29, 1.82) is 0 Å². The highest BCUT2D eigenvalue weighted by atomic mass is 32.1. The van der Waals surface area contributed by atoms with E-state index in [-0.39, 0.29) is 11.5 Å². The summed E-state index contributed by atoms with van der Waals surface area (Å²) in [5.74, 6) is 0. The maximum Gasteiger partial charge on any atom is 0.587 e. The summed E-state index contributed by atoms with van der Waals surface area (Å²) in [6.07, 6.45) is 0. The molecule has 0 saturated heterocycles. The summed E-state index contributed by atoms with van der Waals surface area (Å²) < 4.78 is 19.0. The Hall–Kier alpha value is -0.840. The Kier molecular flexibility index (Phi) is 2.86. The van der Waals surface area contributed by atoms with Gasteiger partial charge in [-0.2, -0.15) is 0 Å². The molecule has 0 amide bonds. The maximum atomic E-state index is 10.8. The fraction of sp³-hybridized carbons (Fsp3) is 0. The molecule has 5 nitrogen and oxygen atoms in total. The third-order valence-corrected chi connectivity index (χ3v) is 2.53. The topological polar surface area (TPSA) is 72.8 Å². The highest BCUT2D eigenvalue weighted by Gasteiger charge is 2.23. The first-order valence-corrected chi connectivity index (χ1v) is 5.19. The van der Waals surface area contributed by atoms with Gasteiger partial charge in [-0.05, 0) is 17.5 Å². The molecule has 0 spiro atoms. The van der Waals surface area contributed by atoms with Crippen LogP contribution in [0.3, 0.4) is 0 Å². The van der Waals surface area contributed by atoms with E-state index in [4.69, 9.17) is 4.89 Å². The van der Waals surface area contributed by atoms with Crippen LogP contribution in [-0.4, -0.2) is 11.4 Å². The summed E-state index contributed by atoms with van der Waals surface area (Å²) >= 11 is 1.13. The molecule has 0 aliphatic heterocycles. The average molecular weight is 208 g/mol. The molecule has 1 N–H and O–H groups in total. The minimum absolute atomic E-state index is 0.131. The highest BCUT2D eigenvalue weighted by Crippen LogP contribution is 2.44. The quantitative estimate of drug-likeness (QED) is 0.598. The summed E-state index contributed by atoms with van der Waals surface area (Å²) in [6.45, 7) is -0.131. The van der Waals surface area contributed by atoms with E-state index in [9.17, 15) is 9.36 Å². The van der Waals surface area contributed by atoms with E-state index in [0.29, 0.717) is 0 Å². The second-order valence-corrected chi connectivity index (χ2v) is 3.93. The molecule has 0 aliphatic carbocycles. The van der Waals surface area contributed by atoms with Gasteiger partial charge < -0.3 is 9.05 Å². The molecule has 0 bridgehead atoms. The lowest BCUT2D eigenvalue weighted by Gasteiger charge is -2.06. The fourth-order valence-corrected chi connectivity index (χ4v) is 1.85. The number of hydrogen-bond acceptors (Lipinski definition) is 5. The molecule has 0 aliphatic rings. The number of phosphoric acid groups is 1. The largest absolute Gasteiger partial charge is 0.587 e. The summed E-state index contributed by atoms with van der Waals surface area (Å²) in [5, 5.41) is 1.89.